The molecule has 0 aliphatic rings. The summed E-state index contributed by atoms with van der Waals surface area (Å²) in [6.07, 6.45) is 1.01. The zero-order valence-electron chi connectivity index (χ0n) is 16.6. The lowest BCUT2D eigenvalue weighted by atomic mass is 10.2. The smallest absolute Gasteiger partial charge is 0.246 e. The number of rotatable bonds is 9. The minimum Gasteiger partial charge on any atom is -0.492 e. The molecule has 0 aliphatic carbocycles. The fourth-order valence-corrected chi connectivity index (χ4v) is 3.21. The maximum atomic E-state index is 11.9. The Morgan fingerprint density at radius 3 is 2.64 bits per heavy atom. The van der Waals surface area contributed by atoms with Crippen LogP contribution in [-0.2, 0) is 22.5 Å². The van der Waals surface area contributed by atoms with Gasteiger partial charge in [0.05, 0.1) is 23.6 Å². The Labute approximate surface area is 165 Å². The van der Waals surface area contributed by atoms with Gasteiger partial charge in [0, 0.05) is 7.11 Å². The van der Waals surface area contributed by atoms with Gasteiger partial charge in [0.15, 0.2) is 0 Å². The van der Waals surface area contributed by atoms with E-state index in [2.05, 4.69) is 28.9 Å². The number of benzene rings is 2. The Bertz CT molecular complexity index is 918. The van der Waals surface area contributed by atoms with Crippen molar-refractivity contribution in [1.29, 1.82) is 0 Å². The molecule has 2 aromatic carbocycles. The van der Waals surface area contributed by atoms with Gasteiger partial charge in [-0.3, -0.25) is 4.79 Å². The second kappa shape index (κ2) is 9.37. The molecular weight excluding hydrogens is 354 g/mol. The Kier molecular flexibility index (Phi) is 6.66. The molecule has 0 fully saturated rings. The maximum absolute atomic E-state index is 11.9. The molecule has 28 heavy (non-hydrogen) atoms. The molecule has 6 heteroatoms. The molecule has 1 amide bonds. The van der Waals surface area contributed by atoms with Crippen LogP contribution in [0.5, 0.6) is 5.75 Å². The number of nitrogens with one attached hydrogen (secondary N) is 1. The fourth-order valence-electron chi connectivity index (χ4n) is 3.21. The molecule has 1 unspecified atom stereocenters. The number of aryl methyl sites for hydroxylation is 1. The highest BCUT2D eigenvalue weighted by Gasteiger charge is 2.18. The highest BCUT2D eigenvalue weighted by Crippen LogP contribution is 2.21. The summed E-state index contributed by atoms with van der Waals surface area (Å²) in [6.45, 7) is 5.23. The number of aromatic nitrogens is 2. The Balaban J connectivity index is 1.75. The molecule has 0 radical (unpaired) electrons. The minimum absolute atomic E-state index is 0.0292. The van der Waals surface area contributed by atoms with Crippen LogP contribution >= 0.6 is 0 Å². The van der Waals surface area contributed by atoms with Crippen LogP contribution < -0.4 is 10.1 Å². The molecule has 6 nitrogen and oxygen atoms in total. The molecule has 0 spiro atoms. The number of hydrogen-bond acceptors (Lipinski definition) is 4. The maximum Gasteiger partial charge on any atom is 0.246 e. The second-order valence-corrected chi connectivity index (χ2v) is 6.68. The largest absolute Gasteiger partial charge is 0.492 e. The van der Waals surface area contributed by atoms with Crippen molar-refractivity contribution in [3.63, 3.8) is 0 Å². The first-order valence-corrected chi connectivity index (χ1v) is 9.57. The van der Waals surface area contributed by atoms with Gasteiger partial charge in [-0.25, -0.2) is 4.98 Å². The number of para-hydroxylation sites is 2. The van der Waals surface area contributed by atoms with Crippen molar-refractivity contribution in [3.8, 4) is 5.75 Å². The average Bonchev–Trinajstić information content (AvgIpc) is 3.07. The van der Waals surface area contributed by atoms with E-state index in [1.54, 1.807) is 0 Å². The van der Waals surface area contributed by atoms with Crippen LogP contribution in [0, 0.1) is 0 Å². The SMILES string of the molecule is CCc1ccc(OCCn2c(C(C)NC(=O)COC)nc3ccccc32)cc1. The van der Waals surface area contributed by atoms with Gasteiger partial charge in [-0.1, -0.05) is 31.2 Å². The van der Waals surface area contributed by atoms with Gasteiger partial charge < -0.3 is 19.4 Å². The van der Waals surface area contributed by atoms with Crippen molar-refractivity contribution in [1.82, 2.24) is 14.9 Å². The number of imidazole rings is 1. The molecule has 0 aliphatic heterocycles. The first-order valence-electron chi connectivity index (χ1n) is 9.57. The van der Waals surface area contributed by atoms with E-state index in [1.165, 1.54) is 12.7 Å². The number of ether oxygens (including phenoxy) is 2. The molecule has 1 heterocycles. The Hall–Kier alpha value is -2.86. The van der Waals surface area contributed by atoms with Gasteiger partial charge >= 0.3 is 0 Å². The lowest BCUT2D eigenvalue weighted by molar-refractivity contribution is -0.125. The van der Waals surface area contributed by atoms with Crippen molar-refractivity contribution in [3.05, 3.63) is 59.9 Å². The first-order chi connectivity index (χ1) is 13.6. The minimum atomic E-state index is -0.237. The quantitative estimate of drug-likeness (QED) is 0.616. The summed E-state index contributed by atoms with van der Waals surface area (Å²) in [5.41, 5.74) is 3.21. The van der Waals surface area contributed by atoms with E-state index in [0.29, 0.717) is 13.2 Å². The van der Waals surface area contributed by atoms with Gasteiger partial charge in [0.1, 0.15) is 24.8 Å². The van der Waals surface area contributed by atoms with Gasteiger partial charge in [0.25, 0.3) is 0 Å². The van der Waals surface area contributed by atoms with E-state index in [4.69, 9.17) is 14.5 Å². The number of carbonyl (C=O) groups is 1. The molecule has 0 saturated heterocycles. The number of methoxy groups -OCH3 is 1. The summed E-state index contributed by atoms with van der Waals surface area (Å²) < 4.78 is 12.9. The number of fused-ring (bicyclic) bond motifs is 1. The Morgan fingerprint density at radius 1 is 1.18 bits per heavy atom. The van der Waals surface area contributed by atoms with Crippen LogP contribution in [0.3, 0.4) is 0 Å². The van der Waals surface area contributed by atoms with Crippen LogP contribution in [-0.4, -0.2) is 35.8 Å². The molecule has 3 rings (SSSR count). The van der Waals surface area contributed by atoms with Gasteiger partial charge in [-0.15, -0.1) is 0 Å². The summed E-state index contributed by atoms with van der Waals surface area (Å²) in [4.78, 5) is 16.6. The van der Waals surface area contributed by atoms with Crippen LogP contribution in [0.4, 0.5) is 0 Å². The van der Waals surface area contributed by atoms with Gasteiger partial charge in [-0.05, 0) is 43.2 Å². The van der Waals surface area contributed by atoms with E-state index in [1.807, 2.05) is 43.3 Å². The number of carbonyl (C=O) groups excluding carboxylic acids is 1. The van der Waals surface area contributed by atoms with E-state index >= 15 is 0 Å². The van der Waals surface area contributed by atoms with Crippen molar-refractivity contribution in [2.45, 2.75) is 32.9 Å². The standard InChI is InChI=1S/C22H27N3O3/c1-4-17-9-11-18(12-10-17)28-14-13-25-20-8-6-5-7-19(20)24-22(25)16(2)23-21(26)15-27-3/h5-12,16H,4,13-15H2,1-3H3,(H,23,26). The normalized spacial score (nSPS) is 12.1. The third-order valence-corrected chi connectivity index (χ3v) is 4.64. The Morgan fingerprint density at radius 2 is 1.93 bits per heavy atom. The van der Waals surface area contributed by atoms with E-state index < -0.39 is 0 Å². The molecule has 1 N–H and O–H groups in total. The molecule has 1 aromatic heterocycles. The molecule has 1 atom stereocenters. The highest BCUT2D eigenvalue weighted by atomic mass is 16.5. The third kappa shape index (κ3) is 4.70. The number of hydrogen-bond donors (Lipinski definition) is 1. The number of amides is 1. The summed E-state index contributed by atoms with van der Waals surface area (Å²) in [5.74, 6) is 1.49. The van der Waals surface area contributed by atoms with Crippen LogP contribution in [0.2, 0.25) is 0 Å². The van der Waals surface area contributed by atoms with Crippen molar-refractivity contribution >= 4 is 16.9 Å². The van der Waals surface area contributed by atoms with Crippen LogP contribution in [0.25, 0.3) is 11.0 Å². The summed E-state index contributed by atoms with van der Waals surface area (Å²) in [7, 11) is 1.50. The summed E-state index contributed by atoms with van der Waals surface area (Å²) in [5, 5.41) is 2.93. The molecule has 148 valence electrons. The second-order valence-electron chi connectivity index (χ2n) is 6.68. The summed E-state index contributed by atoms with van der Waals surface area (Å²) >= 11 is 0. The predicted octanol–water partition coefficient (Wildman–Crippen LogP) is 3.50. The van der Waals surface area contributed by atoms with Crippen molar-refractivity contribution < 1.29 is 14.3 Å². The monoisotopic (exact) mass is 381 g/mol. The van der Waals surface area contributed by atoms with E-state index in [9.17, 15) is 4.79 Å². The van der Waals surface area contributed by atoms with Gasteiger partial charge in [0.2, 0.25) is 5.91 Å². The first kappa shape index (κ1) is 19.9. The van der Waals surface area contributed by atoms with Crippen molar-refractivity contribution in [2.75, 3.05) is 20.3 Å². The molecule has 3 aromatic rings. The van der Waals surface area contributed by atoms with Crippen LogP contribution in [0.15, 0.2) is 48.5 Å². The lowest BCUT2D eigenvalue weighted by Crippen LogP contribution is -2.31. The predicted molar refractivity (Wildman–Crippen MR) is 109 cm³/mol. The third-order valence-electron chi connectivity index (χ3n) is 4.64. The van der Waals surface area contributed by atoms with Crippen LogP contribution in [0.1, 0.15) is 31.3 Å². The topological polar surface area (TPSA) is 65.4 Å². The summed E-state index contributed by atoms with van der Waals surface area (Å²) in [6, 6.07) is 15.9. The van der Waals surface area contributed by atoms with E-state index in [-0.39, 0.29) is 18.6 Å². The fraction of sp³-hybridized carbons (Fsp3) is 0.364. The highest BCUT2D eigenvalue weighted by molar-refractivity contribution is 5.78. The molecule has 0 bridgehead atoms. The molecule has 0 saturated carbocycles. The lowest BCUT2D eigenvalue weighted by Gasteiger charge is -2.16. The molecular formula is C22H27N3O3. The zero-order chi connectivity index (χ0) is 19.9. The zero-order valence-corrected chi connectivity index (χ0v) is 16.6. The van der Waals surface area contributed by atoms with Gasteiger partial charge in [-0.2, -0.15) is 0 Å². The van der Waals surface area contributed by atoms with E-state index in [0.717, 1.165) is 29.0 Å². The van der Waals surface area contributed by atoms with Crippen molar-refractivity contribution in [2.24, 2.45) is 0 Å². The number of nitrogens with zero attached hydrogens (tertiary/aromatic N) is 2. The average molecular weight is 381 g/mol.